The largest absolute Gasteiger partial charge is 0.541 e. The van der Waals surface area contributed by atoms with Gasteiger partial charge in [-0.25, -0.2) is 4.99 Å². The summed E-state index contributed by atoms with van der Waals surface area (Å²) in [7, 11) is 1.08. The summed E-state index contributed by atoms with van der Waals surface area (Å²) in [5, 5.41) is 4.38. The highest BCUT2D eigenvalue weighted by Gasteiger charge is 2.16. The maximum Gasteiger partial charge on any atom is 0.274 e. The van der Waals surface area contributed by atoms with Gasteiger partial charge in [-0.2, -0.15) is 5.10 Å². The van der Waals surface area contributed by atoms with Crippen LogP contribution in [0.3, 0.4) is 0 Å². The summed E-state index contributed by atoms with van der Waals surface area (Å²) >= 11 is 0. The fourth-order valence-electron chi connectivity index (χ4n) is 2.71. The van der Waals surface area contributed by atoms with Crippen molar-refractivity contribution < 1.29 is 4.43 Å². The molecule has 0 aliphatic heterocycles. The molecule has 0 fully saturated rings. The lowest BCUT2D eigenvalue weighted by Crippen LogP contribution is -2.13. The van der Waals surface area contributed by atoms with E-state index in [-0.39, 0.29) is 0 Å². The van der Waals surface area contributed by atoms with Crippen LogP contribution in [-0.4, -0.2) is 24.5 Å². The van der Waals surface area contributed by atoms with Crippen molar-refractivity contribution in [1.29, 1.82) is 0 Å². The van der Waals surface area contributed by atoms with Gasteiger partial charge in [-0.3, -0.25) is 4.68 Å². The van der Waals surface area contributed by atoms with Crippen LogP contribution in [0.4, 0.5) is 5.69 Å². The van der Waals surface area contributed by atoms with Crippen LogP contribution in [0.1, 0.15) is 16.8 Å². The second-order valence-corrected chi connectivity index (χ2v) is 8.12. The van der Waals surface area contributed by atoms with E-state index in [1.165, 1.54) is 0 Å². The molecular weight excluding hydrogens is 326 g/mol. The summed E-state index contributed by atoms with van der Waals surface area (Å²) in [6.45, 7) is 6.30. The van der Waals surface area contributed by atoms with Gasteiger partial charge in [0.05, 0.1) is 17.6 Å². The minimum Gasteiger partial charge on any atom is -0.541 e. The lowest BCUT2D eigenvalue weighted by Gasteiger charge is -2.13. The Labute approximate surface area is 150 Å². The normalized spacial score (nSPS) is 11.8. The van der Waals surface area contributed by atoms with Crippen LogP contribution in [0.15, 0.2) is 65.8 Å². The van der Waals surface area contributed by atoms with Crippen molar-refractivity contribution in [3.8, 4) is 5.75 Å². The number of nitrogens with zero attached hydrogens (tertiary/aromatic N) is 3. The first-order valence-electron chi connectivity index (χ1n) is 8.26. The highest BCUT2D eigenvalue weighted by atomic mass is 28.3. The molecule has 127 valence electrons. The molecule has 0 amide bonds. The van der Waals surface area contributed by atoms with Crippen molar-refractivity contribution in [1.82, 2.24) is 9.78 Å². The Morgan fingerprint density at radius 2 is 1.72 bits per heavy atom. The second kappa shape index (κ2) is 7.48. The lowest BCUT2D eigenvalue weighted by molar-refractivity contribution is 0.582. The molecule has 3 aromatic rings. The number of para-hydroxylation sites is 2. The lowest BCUT2D eigenvalue weighted by atomic mass is 10.0. The van der Waals surface area contributed by atoms with E-state index in [9.17, 15) is 0 Å². The van der Waals surface area contributed by atoms with E-state index in [2.05, 4.69) is 37.2 Å². The van der Waals surface area contributed by atoms with Gasteiger partial charge in [0.15, 0.2) is 0 Å². The van der Waals surface area contributed by atoms with Crippen LogP contribution in [0.2, 0.25) is 13.1 Å². The summed E-state index contributed by atoms with van der Waals surface area (Å²) in [4.78, 5) is 4.99. The molecule has 0 aliphatic carbocycles. The smallest absolute Gasteiger partial charge is 0.274 e. The summed E-state index contributed by atoms with van der Waals surface area (Å²) in [6, 6.07) is 18.2. The quantitative estimate of drug-likeness (QED) is 0.502. The molecule has 3 rings (SSSR count). The minimum absolute atomic E-state index is 0.828. The first-order chi connectivity index (χ1) is 12.1. The first-order valence-corrected chi connectivity index (χ1v) is 10.7. The van der Waals surface area contributed by atoms with E-state index in [0.717, 1.165) is 34.0 Å². The fraction of sp³-hybridized carbons (Fsp3) is 0.200. The van der Waals surface area contributed by atoms with E-state index in [1.807, 2.05) is 60.4 Å². The predicted octanol–water partition coefficient (Wildman–Crippen LogP) is 4.53. The maximum atomic E-state index is 6.03. The highest BCUT2D eigenvalue weighted by Crippen LogP contribution is 2.29. The molecule has 4 nitrogen and oxygen atoms in total. The van der Waals surface area contributed by atoms with E-state index in [1.54, 1.807) is 0 Å². The number of aryl methyl sites for hydroxylation is 2. The van der Waals surface area contributed by atoms with Gasteiger partial charge in [0.2, 0.25) is 0 Å². The minimum atomic E-state index is -0.864. The van der Waals surface area contributed by atoms with Crippen LogP contribution in [0.25, 0.3) is 0 Å². The molecule has 0 bridgehead atoms. The molecule has 25 heavy (non-hydrogen) atoms. The van der Waals surface area contributed by atoms with Gasteiger partial charge in [-0.05, 0) is 37.7 Å². The Hall–Kier alpha value is -2.66. The summed E-state index contributed by atoms with van der Waals surface area (Å²) in [5.41, 5.74) is 4.91. The molecule has 0 aliphatic rings. The van der Waals surface area contributed by atoms with Gasteiger partial charge in [-0.1, -0.05) is 42.5 Å². The first kappa shape index (κ1) is 17.2. The van der Waals surface area contributed by atoms with Gasteiger partial charge < -0.3 is 4.43 Å². The Morgan fingerprint density at radius 1 is 1.04 bits per heavy atom. The number of aromatic nitrogens is 2. The van der Waals surface area contributed by atoms with Crippen molar-refractivity contribution >= 4 is 20.4 Å². The topological polar surface area (TPSA) is 39.4 Å². The van der Waals surface area contributed by atoms with E-state index >= 15 is 0 Å². The van der Waals surface area contributed by atoms with Gasteiger partial charge in [-0.15, -0.1) is 0 Å². The zero-order valence-corrected chi connectivity index (χ0v) is 16.0. The van der Waals surface area contributed by atoms with Crippen LogP contribution < -0.4 is 4.43 Å². The molecule has 1 heterocycles. The molecule has 0 atom stereocenters. The maximum absolute atomic E-state index is 6.03. The van der Waals surface area contributed by atoms with Crippen molar-refractivity contribution in [3.05, 3.63) is 77.6 Å². The predicted molar refractivity (Wildman–Crippen MR) is 104 cm³/mol. The fourth-order valence-corrected chi connectivity index (χ4v) is 3.33. The molecule has 1 radical (unpaired) electrons. The second-order valence-electron chi connectivity index (χ2n) is 6.10. The number of hydrogen-bond acceptors (Lipinski definition) is 3. The average Bonchev–Trinajstić information content (AvgIpc) is 2.93. The Bertz CT molecular complexity index is 865. The molecule has 5 heteroatoms. The molecule has 0 spiro atoms. The van der Waals surface area contributed by atoms with E-state index in [0.29, 0.717) is 0 Å². The molecule has 1 aromatic heterocycles. The molecule has 2 aromatic carbocycles. The van der Waals surface area contributed by atoms with Crippen LogP contribution in [0, 0.1) is 6.92 Å². The third-order valence-corrected chi connectivity index (χ3v) is 4.43. The zero-order chi connectivity index (χ0) is 17.8. The van der Waals surface area contributed by atoms with Gasteiger partial charge in [0.25, 0.3) is 9.04 Å². The average molecular weight is 349 g/mol. The molecule has 0 saturated carbocycles. The molecule has 0 unspecified atom stereocenters. The number of benzene rings is 2. The Morgan fingerprint density at radius 3 is 2.36 bits per heavy atom. The Balaban J connectivity index is 2.18. The van der Waals surface area contributed by atoms with E-state index < -0.39 is 9.04 Å². The van der Waals surface area contributed by atoms with E-state index in [4.69, 9.17) is 9.42 Å². The summed E-state index contributed by atoms with van der Waals surface area (Å²) < 4.78 is 7.91. The monoisotopic (exact) mass is 348 g/mol. The van der Waals surface area contributed by atoms with Gasteiger partial charge >= 0.3 is 0 Å². The number of hydrogen-bond donors (Lipinski definition) is 0. The van der Waals surface area contributed by atoms with Crippen molar-refractivity contribution in [3.63, 3.8) is 0 Å². The van der Waals surface area contributed by atoms with Gasteiger partial charge in [0, 0.05) is 12.6 Å². The summed E-state index contributed by atoms with van der Waals surface area (Å²) in [6.07, 6.45) is 1.87. The van der Waals surface area contributed by atoms with Gasteiger partial charge in [0.1, 0.15) is 11.4 Å². The molecule has 0 N–H and O–H groups in total. The third-order valence-electron chi connectivity index (χ3n) is 3.80. The molecule has 0 saturated heterocycles. The van der Waals surface area contributed by atoms with Crippen molar-refractivity contribution in [2.24, 2.45) is 12.0 Å². The van der Waals surface area contributed by atoms with Crippen LogP contribution in [0.5, 0.6) is 5.75 Å². The number of aliphatic imine (C=N–C) groups is 1. The number of rotatable bonds is 5. The SMILES string of the molecule is Cc1cnn(C)c1C(=Nc1ccccc1O[Si](C)C)c1ccccc1. The third kappa shape index (κ3) is 3.88. The van der Waals surface area contributed by atoms with Crippen LogP contribution >= 0.6 is 0 Å². The van der Waals surface area contributed by atoms with Crippen LogP contribution in [-0.2, 0) is 7.05 Å². The molecular formula is C20H22N3OSi. The standard InChI is InChI=1S/C20H22N3OSi/c1-15-14-21-23(2)20(15)19(16-10-6-5-7-11-16)22-17-12-8-9-13-18(17)24-25(3)4/h5-14H,1-4H3. The highest BCUT2D eigenvalue weighted by molar-refractivity contribution is 6.49. The van der Waals surface area contributed by atoms with Crippen molar-refractivity contribution in [2.75, 3.05) is 0 Å². The summed E-state index contributed by atoms with van der Waals surface area (Å²) in [5.74, 6) is 0.828. The zero-order valence-electron chi connectivity index (χ0n) is 15.0. The Kier molecular flexibility index (Phi) is 5.14. The van der Waals surface area contributed by atoms with Crippen molar-refractivity contribution in [2.45, 2.75) is 20.0 Å².